The molecule has 7 nitrogen and oxygen atoms in total. The van der Waals surface area contributed by atoms with E-state index in [9.17, 15) is 4.79 Å². The van der Waals surface area contributed by atoms with Gasteiger partial charge in [0.1, 0.15) is 29.9 Å². The van der Waals surface area contributed by atoms with Gasteiger partial charge in [-0.05, 0) is 31.2 Å². The minimum absolute atomic E-state index is 0.0724. The van der Waals surface area contributed by atoms with Crippen molar-refractivity contribution in [3.8, 4) is 5.75 Å². The van der Waals surface area contributed by atoms with Crippen LogP contribution in [0, 0.1) is 0 Å². The second-order valence-corrected chi connectivity index (χ2v) is 5.74. The Morgan fingerprint density at radius 2 is 2.08 bits per heavy atom. The molecule has 0 N–H and O–H groups in total. The fraction of sp³-hybridized carbons (Fsp3) is 0.278. The standard InChI is InChI=1S/C18H20N4O3/c1-14(18(23)21(2)12-17-9-6-10-24-17)22-11-15(19-20-22)13-25-16-7-4-3-5-8-16/h3-11,14H,12-13H2,1-2H3/t14-/m0/s1. The SMILES string of the molecule is C[C@@H](C(=O)N(C)Cc1ccco1)n1cc(COc2ccccc2)nn1. The molecule has 1 aromatic carbocycles. The number of likely N-dealkylation sites (N-methyl/N-ethyl adjacent to an activating group) is 1. The van der Waals surface area contributed by atoms with Gasteiger partial charge in [0, 0.05) is 7.05 Å². The zero-order valence-corrected chi connectivity index (χ0v) is 14.2. The fourth-order valence-corrected chi connectivity index (χ4v) is 2.39. The van der Waals surface area contributed by atoms with Crippen LogP contribution in [0.15, 0.2) is 59.3 Å². The van der Waals surface area contributed by atoms with Crippen molar-refractivity contribution >= 4 is 5.91 Å². The number of carbonyl (C=O) groups is 1. The summed E-state index contributed by atoms with van der Waals surface area (Å²) >= 11 is 0. The molecule has 2 heterocycles. The normalized spacial score (nSPS) is 11.9. The molecule has 0 fully saturated rings. The maximum absolute atomic E-state index is 12.5. The summed E-state index contributed by atoms with van der Waals surface area (Å²) < 4.78 is 12.5. The summed E-state index contributed by atoms with van der Waals surface area (Å²) in [7, 11) is 1.73. The fourth-order valence-electron chi connectivity index (χ4n) is 2.39. The summed E-state index contributed by atoms with van der Waals surface area (Å²) in [6, 6.07) is 12.7. The minimum atomic E-state index is -0.460. The van der Waals surface area contributed by atoms with E-state index < -0.39 is 6.04 Å². The van der Waals surface area contributed by atoms with Crippen LogP contribution in [0.5, 0.6) is 5.75 Å². The predicted molar refractivity (Wildman–Crippen MR) is 90.7 cm³/mol. The van der Waals surface area contributed by atoms with Crippen molar-refractivity contribution in [2.75, 3.05) is 7.05 Å². The van der Waals surface area contributed by atoms with Gasteiger partial charge in [-0.3, -0.25) is 4.79 Å². The van der Waals surface area contributed by atoms with Gasteiger partial charge in [0.25, 0.3) is 0 Å². The Labute approximate surface area is 145 Å². The molecule has 0 saturated carbocycles. The average molecular weight is 340 g/mol. The molecule has 0 aliphatic rings. The van der Waals surface area contributed by atoms with Crippen molar-refractivity contribution in [1.82, 2.24) is 19.9 Å². The molecule has 0 radical (unpaired) electrons. The van der Waals surface area contributed by atoms with Gasteiger partial charge in [-0.25, -0.2) is 4.68 Å². The highest BCUT2D eigenvalue weighted by Gasteiger charge is 2.21. The molecule has 0 aliphatic carbocycles. The molecule has 1 atom stereocenters. The molecule has 0 spiro atoms. The molecule has 1 amide bonds. The third-order valence-corrected chi connectivity index (χ3v) is 3.79. The Hall–Kier alpha value is -3.09. The van der Waals surface area contributed by atoms with E-state index in [1.807, 2.05) is 36.4 Å². The zero-order chi connectivity index (χ0) is 17.6. The van der Waals surface area contributed by atoms with Gasteiger partial charge in [-0.2, -0.15) is 0 Å². The van der Waals surface area contributed by atoms with E-state index in [4.69, 9.17) is 9.15 Å². The summed E-state index contributed by atoms with van der Waals surface area (Å²) in [4.78, 5) is 14.1. The third kappa shape index (κ3) is 4.26. The van der Waals surface area contributed by atoms with E-state index in [1.165, 1.54) is 0 Å². The highest BCUT2D eigenvalue weighted by molar-refractivity contribution is 5.79. The molecule has 0 saturated heterocycles. The third-order valence-electron chi connectivity index (χ3n) is 3.79. The number of benzene rings is 1. The lowest BCUT2D eigenvalue weighted by Gasteiger charge is -2.20. The van der Waals surface area contributed by atoms with Crippen molar-refractivity contribution in [3.63, 3.8) is 0 Å². The van der Waals surface area contributed by atoms with Gasteiger partial charge in [-0.15, -0.1) is 5.10 Å². The van der Waals surface area contributed by atoms with Crippen molar-refractivity contribution < 1.29 is 13.9 Å². The maximum atomic E-state index is 12.5. The van der Waals surface area contributed by atoms with E-state index >= 15 is 0 Å². The monoisotopic (exact) mass is 340 g/mol. The van der Waals surface area contributed by atoms with Crippen LogP contribution in [0.2, 0.25) is 0 Å². The van der Waals surface area contributed by atoms with E-state index in [0.29, 0.717) is 18.8 Å². The number of hydrogen-bond acceptors (Lipinski definition) is 5. The first-order valence-corrected chi connectivity index (χ1v) is 7.99. The number of para-hydroxylation sites is 1. The molecule has 3 aromatic rings. The number of rotatable bonds is 7. The van der Waals surface area contributed by atoms with E-state index in [1.54, 1.807) is 42.1 Å². The number of ether oxygens (including phenoxy) is 1. The molecule has 25 heavy (non-hydrogen) atoms. The summed E-state index contributed by atoms with van der Waals surface area (Å²) in [6.45, 7) is 2.50. The smallest absolute Gasteiger partial charge is 0.247 e. The van der Waals surface area contributed by atoms with Gasteiger partial charge < -0.3 is 14.1 Å². The highest BCUT2D eigenvalue weighted by atomic mass is 16.5. The van der Waals surface area contributed by atoms with Gasteiger partial charge >= 0.3 is 0 Å². The lowest BCUT2D eigenvalue weighted by Crippen LogP contribution is -2.32. The first-order chi connectivity index (χ1) is 12.1. The van der Waals surface area contributed by atoms with E-state index in [2.05, 4.69) is 10.3 Å². The number of hydrogen-bond donors (Lipinski definition) is 0. The number of carbonyl (C=O) groups excluding carboxylic acids is 1. The minimum Gasteiger partial charge on any atom is -0.487 e. The molecular weight excluding hydrogens is 320 g/mol. The summed E-state index contributed by atoms with van der Waals surface area (Å²) in [5.74, 6) is 1.43. The molecule has 130 valence electrons. The van der Waals surface area contributed by atoms with Crippen LogP contribution in [0.3, 0.4) is 0 Å². The van der Waals surface area contributed by atoms with E-state index in [0.717, 1.165) is 11.5 Å². The van der Waals surface area contributed by atoms with Crippen LogP contribution >= 0.6 is 0 Å². The molecule has 0 unspecified atom stereocenters. The number of aromatic nitrogens is 3. The Bertz CT molecular complexity index is 799. The Morgan fingerprint density at radius 1 is 1.28 bits per heavy atom. The zero-order valence-electron chi connectivity index (χ0n) is 14.2. The summed E-state index contributed by atoms with van der Waals surface area (Å²) in [5, 5.41) is 8.11. The molecule has 0 aliphatic heterocycles. The van der Waals surface area contributed by atoms with Crippen LogP contribution in [0.25, 0.3) is 0 Å². The molecule has 0 bridgehead atoms. The van der Waals surface area contributed by atoms with Crippen molar-refractivity contribution in [1.29, 1.82) is 0 Å². The average Bonchev–Trinajstić information content (AvgIpc) is 3.31. The summed E-state index contributed by atoms with van der Waals surface area (Å²) in [5.41, 5.74) is 0.664. The topological polar surface area (TPSA) is 73.4 Å². The van der Waals surface area contributed by atoms with Crippen LogP contribution < -0.4 is 4.74 Å². The quantitative estimate of drug-likeness (QED) is 0.661. The lowest BCUT2D eigenvalue weighted by molar-refractivity contribution is -0.134. The second-order valence-electron chi connectivity index (χ2n) is 5.74. The van der Waals surface area contributed by atoms with E-state index in [-0.39, 0.29) is 5.91 Å². The molecule has 3 rings (SSSR count). The second kappa shape index (κ2) is 7.65. The van der Waals surface area contributed by atoms with Crippen molar-refractivity contribution in [3.05, 3.63) is 66.4 Å². The largest absolute Gasteiger partial charge is 0.487 e. The van der Waals surface area contributed by atoms with Crippen molar-refractivity contribution in [2.24, 2.45) is 0 Å². The predicted octanol–water partition coefficient (Wildman–Crippen LogP) is 2.67. The van der Waals surface area contributed by atoms with Crippen LogP contribution in [-0.4, -0.2) is 32.8 Å². The first kappa shape index (κ1) is 16.8. The first-order valence-electron chi connectivity index (χ1n) is 7.99. The van der Waals surface area contributed by atoms with Gasteiger partial charge in [0.15, 0.2) is 0 Å². The van der Waals surface area contributed by atoms with Gasteiger partial charge in [0.2, 0.25) is 5.91 Å². The number of furan rings is 1. The van der Waals surface area contributed by atoms with Crippen molar-refractivity contribution in [2.45, 2.75) is 26.1 Å². The molecular formula is C18H20N4O3. The van der Waals surface area contributed by atoms with Crippen LogP contribution in [-0.2, 0) is 17.9 Å². The number of amides is 1. The van der Waals surface area contributed by atoms with Crippen LogP contribution in [0.4, 0.5) is 0 Å². The Kier molecular flexibility index (Phi) is 5.13. The lowest BCUT2D eigenvalue weighted by atomic mass is 10.3. The maximum Gasteiger partial charge on any atom is 0.247 e. The summed E-state index contributed by atoms with van der Waals surface area (Å²) in [6.07, 6.45) is 3.32. The van der Waals surface area contributed by atoms with Gasteiger partial charge in [-0.1, -0.05) is 23.4 Å². The molecule has 2 aromatic heterocycles. The Balaban J connectivity index is 1.57. The number of nitrogens with zero attached hydrogens (tertiary/aromatic N) is 4. The van der Waals surface area contributed by atoms with Crippen LogP contribution in [0.1, 0.15) is 24.4 Å². The highest BCUT2D eigenvalue weighted by Crippen LogP contribution is 2.14. The Morgan fingerprint density at radius 3 is 2.80 bits per heavy atom. The molecule has 7 heteroatoms. The van der Waals surface area contributed by atoms with Gasteiger partial charge in [0.05, 0.1) is 19.0 Å².